The highest BCUT2D eigenvalue weighted by atomic mass is 16.2. The summed E-state index contributed by atoms with van der Waals surface area (Å²) >= 11 is 0. The van der Waals surface area contributed by atoms with Gasteiger partial charge in [-0.2, -0.15) is 0 Å². The van der Waals surface area contributed by atoms with Crippen LogP contribution < -0.4 is 15.5 Å². The number of nitrogens with zero attached hydrogens (tertiary/aromatic N) is 2. The van der Waals surface area contributed by atoms with Crippen LogP contribution in [0.25, 0.3) is 0 Å². The molecule has 0 saturated carbocycles. The predicted molar refractivity (Wildman–Crippen MR) is 128 cm³/mol. The van der Waals surface area contributed by atoms with Crippen LogP contribution in [-0.2, 0) is 9.59 Å². The fourth-order valence-corrected chi connectivity index (χ4v) is 4.19. The van der Waals surface area contributed by atoms with Gasteiger partial charge in [-0.25, -0.2) is 0 Å². The fraction of sp³-hybridized carbons (Fsp3) is 0.115. The second kappa shape index (κ2) is 8.53. The second-order valence-corrected chi connectivity index (χ2v) is 8.23. The molecule has 3 aromatic carbocycles. The summed E-state index contributed by atoms with van der Waals surface area (Å²) in [6, 6.07) is 18.6. The van der Waals surface area contributed by atoms with Crippen molar-refractivity contribution < 1.29 is 24.0 Å². The Hall–Kier alpha value is -4.79. The number of para-hydroxylation sites is 2. The third-order valence-corrected chi connectivity index (χ3v) is 6.01. The van der Waals surface area contributed by atoms with Crippen molar-refractivity contribution in [1.82, 2.24) is 4.90 Å². The highest BCUT2D eigenvalue weighted by molar-refractivity contribution is 6.23. The molecular weight excluding hydrogens is 448 g/mol. The van der Waals surface area contributed by atoms with Crippen LogP contribution in [0.5, 0.6) is 0 Å². The number of imide groups is 1. The third kappa shape index (κ3) is 3.82. The molecule has 35 heavy (non-hydrogen) atoms. The van der Waals surface area contributed by atoms with Gasteiger partial charge in [0.2, 0.25) is 11.8 Å². The van der Waals surface area contributed by atoms with E-state index >= 15 is 0 Å². The lowest BCUT2D eigenvalue weighted by molar-refractivity contribution is -0.119. The molecular formula is C26H20N4O5. The van der Waals surface area contributed by atoms with Gasteiger partial charge in [0.15, 0.2) is 0 Å². The summed E-state index contributed by atoms with van der Waals surface area (Å²) in [4.78, 5) is 65.5. The van der Waals surface area contributed by atoms with Crippen LogP contribution in [0.3, 0.4) is 0 Å². The van der Waals surface area contributed by atoms with Gasteiger partial charge in [0.25, 0.3) is 17.7 Å². The van der Waals surface area contributed by atoms with E-state index in [9.17, 15) is 24.0 Å². The quantitative estimate of drug-likeness (QED) is 0.572. The third-order valence-electron chi connectivity index (χ3n) is 6.01. The number of nitrogens with one attached hydrogen (secondary N) is 2. The van der Waals surface area contributed by atoms with Crippen molar-refractivity contribution in [3.05, 3.63) is 89.5 Å². The van der Waals surface area contributed by atoms with Gasteiger partial charge in [-0.3, -0.25) is 33.8 Å². The summed E-state index contributed by atoms with van der Waals surface area (Å²) in [6.45, 7) is 1.37. The molecule has 5 rings (SSSR count). The zero-order chi connectivity index (χ0) is 24.7. The molecule has 0 aliphatic carbocycles. The van der Waals surface area contributed by atoms with Crippen LogP contribution in [0.2, 0.25) is 0 Å². The number of carbonyl (C=O) groups excluding carboxylic acids is 5. The normalized spacial score (nSPS) is 15.3. The van der Waals surface area contributed by atoms with E-state index in [2.05, 4.69) is 10.6 Å². The Bertz CT molecular complexity index is 1360. The van der Waals surface area contributed by atoms with Gasteiger partial charge in [0.1, 0.15) is 12.6 Å². The van der Waals surface area contributed by atoms with Gasteiger partial charge in [-0.1, -0.05) is 24.3 Å². The SMILES string of the molecule is CC(C(=O)Nc1ccc(C(=O)N2CC(=O)Nc3ccccc32)cc1)N1C(=O)c2ccccc2C1=O. The van der Waals surface area contributed by atoms with Crippen LogP contribution >= 0.6 is 0 Å². The van der Waals surface area contributed by atoms with E-state index in [0.29, 0.717) is 22.6 Å². The summed E-state index contributed by atoms with van der Waals surface area (Å²) in [7, 11) is 0. The lowest BCUT2D eigenvalue weighted by Gasteiger charge is -2.29. The summed E-state index contributed by atoms with van der Waals surface area (Å²) in [6.07, 6.45) is 0. The molecule has 0 spiro atoms. The molecule has 1 unspecified atom stereocenters. The van der Waals surface area contributed by atoms with Gasteiger partial charge >= 0.3 is 0 Å². The topological polar surface area (TPSA) is 116 Å². The average Bonchev–Trinajstić information content (AvgIpc) is 3.13. The maximum absolute atomic E-state index is 13.1. The number of fused-ring (bicyclic) bond motifs is 2. The number of benzene rings is 3. The number of hydrogen-bond acceptors (Lipinski definition) is 5. The van der Waals surface area contributed by atoms with Crippen LogP contribution in [-0.4, -0.2) is 47.0 Å². The Labute approximate surface area is 200 Å². The molecule has 2 aliphatic rings. The van der Waals surface area contributed by atoms with E-state index in [1.807, 2.05) is 0 Å². The highest BCUT2D eigenvalue weighted by Crippen LogP contribution is 2.30. The van der Waals surface area contributed by atoms with Crippen LogP contribution in [0.15, 0.2) is 72.8 Å². The smallest absolute Gasteiger partial charge is 0.262 e. The Morgan fingerprint density at radius 2 is 1.46 bits per heavy atom. The molecule has 0 saturated heterocycles. The van der Waals surface area contributed by atoms with E-state index in [-0.39, 0.29) is 29.5 Å². The molecule has 3 aromatic rings. The molecule has 5 amide bonds. The number of amides is 5. The van der Waals surface area contributed by atoms with E-state index in [1.54, 1.807) is 72.8 Å². The summed E-state index contributed by atoms with van der Waals surface area (Å²) in [5, 5.41) is 5.42. The minimum Gasteiger partial charge on any atom is -0.324 e. The lowest BCUT2D eigenvalue weighted by atomic mass is 10.1. The minimum atomic E-state index is -1.04. The molecule has 0 aromatic heterocycles. The van der Waals surface area contributed by atoms with Crippen molar-refractivity contribution >= 4 is 46.6 Å². The molecule has 1 atom stereocenters. The zero-order valence-corrected chi connectivity index (χ0v) is 18.6. The highest BCUT2D eigenvalue weighted by Gasteiger charge is 2.40. The van der Waals surface area contributed by atoms with Gasteiger partial charge in [-0.15, -0.1) is 0 Å². The number of anilines is 3. The van der Waals surface area contributed by atoms with E-state index < -0.39 is 23.8 Å². The largest absolute Gasteiger partial charge is 0.324 e. The van der Waals surface area contributed by atoms with Crippen molar-refractivity contribution in [2.24, 2.45) is 0 Å². The summed E-state index contributed by atoms with van der Waals surface area (Å²) < 4.78 is 0. The predicted octanol–water partition coefficient (Wildman–Crippen LogP) is 2.91. The van der Waals surface area contributed by atoms with Crippen molar-refractivity contribution in [2.45, 2.75) is 13.0 Å². The van der Waals surface area contributed by atoms with Crippen molar-refractivity contribution in [3.8, 4) is 0 Å². The molecule has 174 valence electrons. The second-order valence-electron chi connectivity index (χ2n) is 8.23. The summed E-state index contributed by atoms with van der Waals surface area (Å²) in [5.74, 6) is -2.21. The van der Waals surface area contributed by atoms with Crippen LogP contribution in [0.4, 0.5) is 17.1 Å². The number of carbonyl (C=O) groups is 5. The molecule has 2 heterocycles. The van der Waals surface area contributed by atoms with Gasteiger partial charge in [0, 0.05) is 11.3 Å². The van der Waals surface area contributed by atoms with Crippen molar-refractivity contribution in [1.29, 1.82) is 0 Å². The first-order valence-corrected chi connectivity index (χ1v) is 10.9. The van der Waals surface area contributed by atoms with Crippen LogP contribution in [0, 0.1) is 0 Å². The number of rotatable bonds is 4. The Morgan fingerprint density at radius 3 is 2.11 bits per heavy atom. The Morgan fingerprint density at radius 1 is 0.857 bits per heavy atom. The maximum atomic E-state index is 13.1. The van der Waals surface area contributed by atoms with Gasteiger partial charge in [-0.05, 0) is 55.5 Å². The average molecular weight is 468 g/mol. The van der Waals surface area contributed by atoms with Crippen LogP contribution in [0.1, 0.15) is 38.0 Å². The van der Waals surface area contributed by atoms with Crippen molar-refractivity contribution in [3.63, 3.8) is 0 Å². The zero-order valence-electron chi connectivity index (χ0n) is 18.6. The number of hydrogen-bond donors (Lipinski definition) is 2. The first-order valence-electron chi connectivity index (χ1n) is 10.9. The molecule has 2 aliphatic heterocycles. The standard InChI is InChI=1S/C26H20N4O5/c1-15(30-25(34)18-6-2-3-7-19(18)26(30)35)23(32)27-17-12-10-16(11-13-17)24(33)29-14-22(31)28-20-8-4-5-9-21(20)29/h2-13,15H,14H2,1H3,(H,27,32)(H,28,31). The molecule has 0 bridgehead atoms. The Kier molecular flexibility index (Phi) is 5.37. The molecule has 9 heteroatoms. The molecule has 9 nitrogen and oxygen atoms in total. The lowest BCUT2D eigenvalue weighted by Crippen LogP contribution is -2.45. The first kappa shape index (κ1) is 22.0. The fourth-order valence-electron chi connectivity index (χ4n) is 4.19. The monoisotopic (exact) mass is 468 g/mol. The van der Waals surface area contributed by atoms with Crippen molar-refractivity contribution in [2.75, 3.05) is 22.1 Å². The molecule has 2 N–H and O–H groups in total. The maximum Gasteiger partial charge on any atom is 0.262 e. The van der Waals surface area contributed by atoms with Gasteiger partial charge in [0.05, 0.1) is 22.5 Å². The van der Waals surface area contributed by atoms with E-state index in [1.165, 1.54) is 11.8 Å². The Balaban J connectivity index is 1.29. The van der Waals surface area contributed by atoms with E-state index in [4.69, 9.17) is 0 Å². The minimum absolute atomic E-state index is 0.105. The summed E-state index contributed by atoms with van der Waals surface area (Å²) in [5.41, 5.74) is 2.43. The first-order chi connectivity index (χ1) is 16.8. The van der Waals surface area contributed by atoms with E-state index in [0.717, 1.165) is 4.90 Å². The molecule has 0 radical (unpaired) electrons. The van der Waals surface area contributed by atoms with Gasteiger partial charge < -0.3 is 10.6 Å². The molecule has 0 fully saturated rings.